The van der Waals surface area contributed by atoms with Gasteiger partial charge in [-0.25, -0.2) is 4.79 Å². The van der Waals surface area contributed by atoms with Crippen LogP contribution in [-0.4, -0.2) is 46.0 Å². The number of carbonyl (C=O) groups is 3. The Morgan fingerprint density at radius 3 is 2.27 bits per heavy atom. The Bertz CT molecular complexity index is 1330. The maximum absolute atomic E-state index is 13.2. The predicted octanol–water partition coefficient (Wildman–Crippen LogP) is 4.85. The number of hydrogen-bond acceptors (Lipinski definition) is 6. The molecule has 192 valence electrons. The molecule has 3 aromatic rings. The van der Waals surface area contributed by atoms with Crippen LogP contribution in [0.2, 0.25) is 0 Å². The number of aromatic nitrogens is 2. The van der Waals surface area contributed by atoms with Crippen LogP contribution < -0.4 is 5.32 Å². The molecule has 0 radical (unpaired) electrons. The first kappa shape index (κ1) is 26.0. The highest BCUT2D eigenvalue weighted by molar-refractivity contribution is 6.04. The van der Waals surface area contributed by atoms with Gasteiger partial charge in [0.1, 0.15) is 6.04 Å². The zero-order valence-electron chi connectivity index (χ0n) is 22.0. The van der Waals surface area contributed by atoms with Crippen molar-refractivity contribution < 1.29 is 19.1 Å². The summed E-state index contributed by atoms with van der Waals surface area (Å²) in [4.78, 5) is 39.7. The van der Waals surface area contributed by atoms with E-state index in [2.05, 4.69) is 36.3 Å². The highest BCUT2D eigenvalue weighted by Crippen LogP contribution is 2.31. The lowest BCUT2D eigenvalue weighted by atomic mass is 9.87. The molecule has 0 saturated heterocycles. The van der Waals surface area contributed by atoms with E-state index < -0.39 is 12.0 Å². The van der Waals surface area contributed by atoms with E-state index in [1.807, 2.05) is 38.1 Å². The summed E-state index contributed by atoms with van der Waals surface area (Å²) in [6.45, 7) is 10.5. The summed E-state index contributed by atoms with van der Waals surface area (Å²) in [7, 11) is 1.33. The molecule has 0 unspecified atom stereocenters. The number of methoxy groups -OCH3 is 1. The summed E-state index contributed by atoms with van der Waals surface area (Å²) in [6.07, 6.45) is 0. The van der Waals surface area contributed by atoms with Crippen molar-refractivity contribution in [3.63, 3.8) is 0 Å². The number of anilines is 1. The number of fused-ring (bicyclic) bond motifs is 1. The third kappa shape index (κ3) is 5.38. The lowest BCUT2D eigenvalue weighted by Crippen LogP contribution is -2.45. The van der Waals surface area contributed by atoms with Gasteiger partial charge in [-0.2, -0.15) is 0 Å². The quantitative estimate of drug-likeness (QED) is 0.486. The van der Waals surface area contributed by atoms with Gasteiger partial charge in [0.2, 0.25) is 0 Å². The van der Waals surface area contributed by atoms with Crippen molar-refractivity contribution in [2.45, 2.75) is 52.6 Å². The van der Waals surface area contributed by atoms with Crippen LogP contribution in [-0.2, 0) is 21.5 Å². The first-order chi connectivity index (χ1) is 17.5. The monoisotopic (exact) mass is 500 g/mol. The average Bonchev–Trinajstić information content (AvgIpc) is 3.19. The van der Waals surface area contributed by atoms with Crippen molar-refractivity contribution in [1.82, 2.24) is 15.1 Å². The fraction of sp³-hybridized carbons (Fsp3) is 0.345. The average molecular weight is 501 g/mol. The smallest absolute Gasteiger partial charge is 0.328 e. The van der Waals surface area contributed by atoms with Crippen molar-refractivity contribution in [3.05, 3.63) is 76.9 Å². The number of rotatable bonds is 6. The molecule has 0 bridgehead atoms. The number of benzene rings is 2. The van der Waals surface area contributed by atoms with Crippen molar-refractivity contribution in [1.29, 1.82) is 0 Å². The molecule has 1 aliphatic heterocycles. The van der Waals surface area contributed by atoms with E-state index in [-0.39, 0.29) is 23.1 Å². The molecular weight excluding hydrogens is 468 g/mol. The molecule has 2 amide bonds. The molecule has 0 saturated carbocycles. The summed E-state index contributed by atoms with van der Waals surface area (Å²) in [5, 5.41) is 11.2. The normalized spacial score (nSPS) is 13.9. The second kappa shape index (κ2) is 10.1. The lowest BCUT2D eigenvalue weighted by molar-refractivity contribution is -0.147. The molecule has 4 rings (SSSR count). The number of carbonyl (C=O) groups excluding carboxylic acids is 3. The van der Waals surface area contributed by atoms with Crippen LogP contribution in [0.15, 0.2) is 54.6 Å². The standard InChI is InChI=1S/C29H32N4O4/c1-17(2)25(28(36)37-6)33-16-20-8-7-19(15-22(20)27(33)35)23-13-14-24(32-31-23)30-26(34)18-9-11-21(12-10-18)29(3,4)5/h7-15,17,25H,16H2,1-6H3,(H,30,32,34)/t25-/m0/s1. The van der Waals surface area contributed by atoms with E-state index in [1.165, 1.54) is 7.11 Å². The SMILES string of the molecule is COC(=O)[C@H](C(C)C)N1Cc2ccc(-c3ccc(NC(=O)c4ccc(C(C)(C)C)cc4)nn3)cc2C1=O. The first-order valence-electron chi connectivity index (χ1n) is 12.3. The number of ether oxygens (including phenoxy) is 1. The molecule has 0 fully saturated rings. The molecule has 37 heavy (non-hydrogen) atoms. The third-order valence-electron chi connectivity index (χ3n) is 6.57. The molecule has 1 aromatic heterocycles. The number of hydrogen-bond donors (Lipinski definition) is 1. The minimum Gasteiger partial charge on any atom is -0.467 e. The van der Waals surface area contributed by atoms with Crippen LogP contribution in [0.5, 0.6) is 0 Å². The second-order valence-electron chi connectivity index (χ2n) is 10.6. The Hall–Kier alpha value is -4.07. The fourth-order valence-electron chi connectivity index (χ4n) is 4.45. The van der Waals surface area contributed by atoms with E-state index in [1.54, 1.807) is 35.2 Å². The van der Waals surface area contributed by atoms with E-state index in [9.17, 15) is 14.4 Å². The zero-order chi connectivity index (χ0) is 26.9. The Morgan fingerprint density at radius 1 is 1.00 bits per heavy atom. The van der Waals surface area contributed by atoms with Gasteiger partial charge in [-0.05, 0) is 52.8 Å². The molecule has 2 heterocycles. The first-order valence-corrected chi connectivity index (χ1v) is 12.3. The van der Waals surface area contributed by atoms with Gasteiger partial charge in [0, 0.05) is 23.2 Å². The van der Waals surface area contributed by atoms with Gasteiger partial charge >= 0.3 is 5.97 Å². The maximum Gasteiger partial charge on any atom is 0.328 e. The molecule has 1 N–H and O–H groups in total. The van der Waals surface area contributed by atoms with Gasteiger partial charge in [-0.3, -0.25) is 9.59 Å². The maximum atomic E-state index is 13.2. The van der Waals surface area contributed by atoms with Crippen LogP contribution in [0.4, 0.5) is 5.82 Å². The van der Waals surface area contributed by atoms with Gasteiger partial charge in [-0.1, -0.05) is 58.9 Å². The Labute approximate surface area is 217 Å². The topological polar surface area (TPSA) is 101 Å². The number of esters is 1. The van der Waals surface area contributed by atoms with Crippen molar-refractivity contribution in [3.8, 4) is 11.3 Å². The molecule has 1 aliphatic rings. The largest absolute Gasteiger partial charge is 0.467 e. The molecular formula is C29H32N4O4. The highest BCUT2D eigenvalue weighted by Gasteiger charge is 2.38. The molecule has 8 heteroatoms. The molecule has 2 aromatic carbocycles. The van der Waals surface area contributed by atoms with Gasteiger partial charge in [0.25, 0.3) is 11.8 Å². The summed E-state index contributed by atoms with van der Waals surface area (Å²) in [6, 6.07) is 15.8. The molecule has 0 aliphatic carbocycles. The van der Waals surface area contributed by atoms with Crippen molar-refractivity contribution in [2.75, 3.05) is 12.4 Å². The summed E-state index contributed by atoms with van der Waals surface area (Å²) in [5.41, 5.74) is 4.35. The van der Waals surface area contributed by atoms with Crippen molar-refractivity contribution >= 4 is 23.6 Å². The fourth-order valence-corrected chi connectivity index (χ4v) is 4.45. The van der Waals surface area contributed by atoms with E-state index >= 15 is 0 Å². The summed E-state index contributed by atoms with van der Waals surface area (Å²) in [5.74, 6) is -0.665. The van der Waals surface area contributed by atoms with Gasteiger partial charge in [0.15, 0.2) is 5.82 Å². The van der Waals surface area contributed by atoms with Crippen LogP contribution >= 0.6 is 0 Å². The van der Waals surface area contributed by atoms with Crippen molar-refractivity contribution in [2.24, 2.45) is 5.92 Å². The lowest BCUT2D eigenvalue weighted by Gasteiger charge is -2.28. The number of nitrogens with zero attached hydrogens (tertiary/aromatic N) is 3. The predicted molar refractivity (Wildman–Crippen MR) is 141 cm³/mol. The van der Waals surface area contributed by atoms with Crippen LogP contribution in [0.1, 0.15) is 66.5 Å². The highest BCUT2D eigenvalue weighted by atomic mass is 16.5. The van der Waals surface area contributed by atoms with Gasteiger partial charge in [-0.15, -0.1) is 10.2 Å². The van der Waals surface area contributed by atoms with Crippen LogP contribution in [0, 0.1) is 5.92 Å². The number of amides is 2. The summed E-state index contributed by atoms with van der Waals surface area (Å²) < 4.78 is 4.93. The van der Waals surface area contributed by atoms with E-state index in [4.69, 9.17) is 4.74 Å². The number of nitrogens with one attached hydrogen (secondary N) is 1. The Balaban J connectivity index is 1.48. The molecule has 8 nitrogen and oxygen atoms in total. The van der Waals surface area contributed by atoms with Gasteiger partial charge < -0.3 is 15.0 Å². The molecule has 1 atom stereocenters. The summed E-state index contributed by atoms with van der Waals surface area (Å²) >= 11 is 0. The Kier molecular flexibility index (Phi) is 7.12. The molecule has 0 spiro atoms. The van der Waals surface area contributed by atoms with Crippen LogP contribution in [0.3, 0.4) is 0 Å². The zero-order valence-corrected chi connectivity index (χ0v) is 22.0. The van der Waals surface area contributed by atoms with E-state index in [0.29, 0.717) is 29.2 Å². The minimum atomic E-state index is -0.652. The van der Waals surface area contributed by atoms with Crippen LogP contribution in [0.25, 0.3) is 11.3 Å². The minimum absolute atomic E-state index is 0.00819. The third-order valence-corrected chi connectivity index (χ3v) is 6.57. The van der Waals surface area contributed by atoms with Gasteiger partial charge in [0.05, 0.1) is 12.8 Å². The second-order valence-corrected chi connectivity index (χ2v) is 10.6. The van der Waals surface area contributed by atoms with E-state index in [0.717, 1.165) is 16.7 Å². The Morgan fingerprint density at radius 2 is 1.70 bits per heavy atom.